The Kier molecular flexibility index (Phi) is 5.86. The molecular formula is C15H24N2O. The van der Waals surface area contributed by atoms with Crippen molar-refractivity contribution in [3.63, 3.8) is 0 Å². The highest BCUT2D eigenvalue weighted by atomic mass is 16.2. The monoisotopic (exact) mass is 248 g/mol. The molecule has 0 heterocycles. The summed E-state index contributed by atoms with van der Waals surface area (Å²) < 4.78 is 0. The van der Waals surface area contributed by atoms with Crippen LogP contribution in [0.1, 0.15) is 32.8 Å². The van der Waals surface area contributed by atoms with Crippen molar-refractivity contribution in [1.29, 1.82) is 0 Å². The lowest BCUT2D eigenvalue weighted by Crippen LogP contribution is -2.47. The van der Waals surface area contributed by atoms with Gasteiger partial charge in [-0.25, -0.2) is 0 Å². The van der Waals surface area contributed by atoms with Crippen molar-refractivity contribution in [2.75, 3.05) is 0 Å². The highest BCUT2D eigenvalue weighted by molar-refractivity contribution is 5.82. The van der Waals surface area contributed by atoms with Crippen LogP contribution in [-0.2, 0) is 11.2 Å². The number of hydrogen-bond donors (Lipinski definition) is 2. The van der Waals surface area contributed by atoms with E-state index in [1.165, 1.54) is 0 Å². The number of hydrogen-bond acceptors (Lipinski definition) is 2. The van der Waals surface area contributed by atoms with Crippen LogP contribution >= 0.6 is 0 Å². The normalized spacial score (nSPS) is 15.8. The summed E-state index contributed by atoms with van der Waals surface area (Å²) in [6.07, 6.45) is 1.63. The van der Waals surface area contributed by atoms with Crippen molar-refractivity contribution in [1.82, 2.24) is 5.32 Å². The third-order valence-electron chi connectivity index (χ3n) is 3.50. The molecule has 0 saturated heterocycles. The fourth-order valence-corrected chi connectivity index (χ4v) is 1.79. The molecule has 1 rings (SSSR count). The van der Waals surface area contributed by atoms with Gasteiger partial charge in [0, 0.05) is 6.04 Å². The molecule has 3 N–H and O–H groups in total. The van der Waals surface area contributed by atoms with Crippen molar-refractivity contribution in [3.05, 3.63) is 35.9 Å². The van der Waals surface area contributed by atoms with Gasteiger partial charge in [0.2, 0.25) is 5.91 Å². The molecule has 0 aliphatic rings. The molecular weight excluding hydrogens is 224 g/mol. The van der Waals surface area contributed by atoms with Crippen molar-refractivity contribution in [2.24, 2.45) is 11.7 Å². The fourth-order valence-electron chi connectivity index (χ4n) is 1.79. The molecule has 3 heteroatoms. The van der Waals surface area contributed by atoms with Crippen LogP contribution in [-0.4, -0.2) is 18.0 Å². The van der Waals surface area contributed by atoms with E-state index < -0.39 is 6.04 Å². The molecule has 0 fully saturated rings. The second-order valence-corrected chi connectivity index (χ2v) is 4.98. The Bertz CT molecular complexity index is 364. The van der Waals surface area contributed by atoms with Crippen LogP contribution in [0.4, 0.5) is 0 Å². The van der Waals surface area contributed by atoms with Gasteiger partial charge in [0.25, 0.3) is 0 Å². The highest BCUT2D eigenvalue weighted by Crippen LogP contribution is 2.07. The first-order valence-corrected chi connectivity index (χ1v) is 6.64. The van der Waals surface area contributed by atoms with Crippen molar-refractivity contribution < 1.29 is 4.79 Å². The van der Waals surface area contributed by atoms with Gasteiger partial charge in [-0.3, -0.25) is 4.79 Å². The first-order valence-electron chi connectivity index (χ1n) is 6.64. The molecule has 18 heavy (non-hydrogen) atoms. The van der Waals surface area contributed by atoms with Crippen LogP contribution in [0.5, 0.6) is 0 Å². The molecule has 3 atom stereocenters. The molecule has 1 aromatic carbocycles. The minimum atomic E-state index is -0.473. The Hall–Kier alpha value is -1.35. The lowest BCUT2D eigenvalue weighted by atomic mass is 10.00. The van der Waals surface area contributed by atoms with E-state index in [4.69, 9.17) is 5.73 Å². The number of benzene rings is 1. The molecule has 3 nitrogen and oxygen atoms in total. The topological polar surface area (TPSA) is 55.1 Å². The van der Waals surface area contributed by atoms with Crippen LogP contribution in [0.15, 0.2) is 30.3 Å². The standard InChI is InChI=1S/C15H24N2O/c1-4-11(2)12(3)17-15(18)14(16)10-13-8-6-5-7-9-13/h5-9,11-12,14H,4,10,16H2,1-3H3,(H,17,18)/t11?,12?,14-/m0/s1. The lowest BCUT2D eigenvalue weighted by Gasteiger charge is -2.22. The van der Waals surface area contributed by atoms with Gasteiger partial charge in [0.15, 0.2) is 0 Å². The van der Waals surface area contributed by atoms with Crippen LogP contribution in [0.2, 0.25) is 0 Å². The molecule has 1 amide bonds. The molecule has 0 aromatic heterocycles. The van der Waals surface area contributed by atoms with Gasteiger partial charge < -0.3 is 11.1 Å². The quantitative estimate of drug-likeness (QED) is 0.810. The smallest absolute Gasteiger partial charge is 0.237 e. The average Bonchev–Trinajstić information content (AvgIpc) is 2.38. The van der Waals surface area contributed by atoms with Gasteiger partial charge in [-0.2, -0.15) is 0 Å². The van der Waals surface area contributed by atoms with Crippen molar-refractivity contribution >= 4 is 5.91 Å². The average molecular weight is 248 g/mol. The Labute approximate surface area is 110 Å². The molecule has 0 aliphatic heterocycles. The van der Waals surface area contributed by atoms with Crippen molar-refractivity contribution in [3.8, 4) is 0 Å². The number of carbonyl (C=O) groups excluding carboxylic acids is 1. The van der Waals surface area contributed by atoms with E-state index >= 15 is 0 Å². The third kappa shape index (κ3) is 4.49. The van der Waals surface area contributed by atoms with Crippen LogP contribution in [0.25, 0.3) is 0 Å². The highest BCUT2D eigenvalue weighted by Gasteiger charge is 2.18. The molecule has 100 valence electrons. The maximum Gasteiger partial charge on any atom is 0.237 e. The number of carbonyl (C=O) groups is 1. The lowest BCUT2D eigenvalue weighted by molar-refractivity contribution is -0.123. The van der Waals surface area contributed by atoms with E-state index in [1.54, 1.807) is 0 Å². The largest absolute Gasteiger partial charge is 0.352 e. The molecule has 0 radical (unpaired) electrons. The van der Waals surface area contributed by atoms with Gasteiger partial charge in [-0.15, -0.1) is 0 Å². The Balaban J connectivity index is 2.47. The first kappa shape index (κ1) is 14.7. The predicted molar refractivity (Wildman–Crippen MR) is 75.2 cm³/mol. The van der Waals surface area contributed by atoms with E-state index in [1.807, 2.05) is 37.3 Å². The fraction of sp³-hybridized carbons (Fsp3) is 0.533. The maximum atomic E-state index is 11.9. The van der Waals surface area contributed by atoms with Gasteiger partial charge >= 0.3 is 0 Å². The van der Waals surface area contributed by atoms with E-state index in [2.05, 4.69) is 19.2 Å². The Morgan fingerprint density at radius 1 is 1.28 bits per heavy atom. The molecule has 1 aromatic rings. The SMILES string of the molecule is CCC(C)C(C)NC(=O)[C@@H](N)Cc1ccccc1. The van der Waals surface area contributed by atoms with E-state index in [9.17, 15) is 4.79 Å². The van der Waals surface area contributed by atoms with Crippen LogP contribution in [0.3, 0.4) is 0 Å². The maximum absolute atomic E-state index is 11.9. The van der Waals surface area contributed by atoms with Crippen LogP contribution in [0, 0.1) is 5.92 Å². The molecule has 2 unspecified atom stereocenters. The van der Waals surface area contributed by atoms with Gasteiger partial charge in [-0.05, 0) is 24.8 Å². The summed E-state index contributed by atoms with van der Waals surface area (Å²) in [6.45, 7) is 6.28. The van der Waals surface area contributed by atoms with E-state index in [-0.39, 0.29) is 11.9 Å². The molecule has 0 spiro atoms. The van der Waals surface area contributed by atoms with Gasteiger partial charge in [0.1, 0.15) is 0 Å². The van der Waals surface area contributed by atoms with E-state index in [0.29, 0.717) is 12.3 Å². The summed E-state index contributed by atoms with van der Waals surface area (Å²) in [6, 6.07) is 9.56. The summed E-state index contributed by atoms with van der Waals surface area (Å²) in [5, 5.41) is 2.99. The summed E-state index contributed by atoms with van der Waals surface area (Å²) in [7, 11) is 0. The minimum absolute atomic E-state index is 0.0633. The first-order chi connectivity index (χ1) is 8.54. The second kappa shape index (κ2) is 7.17. The van der Waals surface area contributed by atoms with E-state index in [0.717, 1.165) is 12.0 Å². The number of nitrogens with one attached hydrogen (secondary N) is 1. The Morgan fingerprint density at radius 2 is 1.89 bits per heavy atom. The zero-order valence-corrected chi connectivity index (χ0v) is 11.5. The second-order valence-electron chi connectivity index (χ2n) is 4.98. The van der Waals surface area contributed by atoms with Gasteiger partial charge in [0.05, 0.1) is 6.04 Å². The number of rotatable bonds is 6. The van der Waals surface area contributed by atoms with Crippen molar-refractivity contribution in [2.45, 2.75) is 45.7 Å². The van der Waals surface area contributed by atoms with Crippen LogP contribution < -0.4 is 11.1 Å². The molecule has 0 saturated carbocycles. The summed E-state index contributed by atoms with van der Waals surface area (Å²) in [5.74, 6) is 0.407. The predicted octanol–water partition coefficient (Wildman–Crippen LogP) is 2.11. The number of nitrogens with two attached hydrogens (primary N) is 1. The number of amides is 1. The Morgan fingerprint density at radius 3 is 2.44 bits per heavy atom. The summed E-state index contributed by atoms with van der Waals surface area (Å²) in [5.41, 5.74) is 7.02. The van der Waals surface area contributed by atoms with Gasteiger partial charge in [-0.1, -0.05) is 50.6 Å². The zero-order chi connectivity index (χ0) is 13.5. The summed E-state index contributed by atoms with van der Waals surface area (Å²) >= 11 is 0. The molecule has 0 bridgehead atoms. The molecule has 0 aliphatic carbocycles. The summed E-state index contributed by atoms with van der Waals surface area (Å²) in [4.78, 5) is 11.9. The third-order valence-corrected chi connectivity index (χ3v) is 3.50. The minimum Gasteiger partial charge on any atom is -0.352 e. The zero-order valence-electron chi connectivity index (χ0n) is 11.5.